The van der Waals surface area contributed by atoms with Gasteiger partial charge >= 0.3 is 0 Å². The van der Waals surface area contributed by atoms with Crippen molar-refractivity contribution in [3.05, 3.63) is 94.9 Å². The van der Waals surface area contributed by atoms with Gasteiger partial charge in [0.25, 0.3) is 5.56 Å². The molecule has 0 bridgehead atoms. The summed E-state index contributed by atoms with van der Waals surface area (Å²) in [4.78, 5) is 16.7. The maximum Gasteiger partial charge on any atom is 0.256 e. The number of nitrogen functional groups attached to an aromatic ring is 1. The molecule has 0 saturated heterocycles. The number of anilines is 1. The first kappa shape index (κ1) is 15.9. The van der Waals surface area contributed by atoms with Gasteiger partial charge in [-0.15, -0.1) is 0 Å². The van der Waals surface area contributed by atoms with Gasteiger partial charge < -0.3 is 10.5 Å². The monoisotopic (exact) mass is 343 g/mol. The van der Waals surface area contributed by atoms with Crippen molar-refractivity contribution >= 4 is 16.6 Å². The minimum absolute atomic E-state index is 0.157. The first-order chi connectivity index (χ1) is 12.7. The van der Waals surface area contributed by atoms with Gasteiger partial charge in [-0.3, -0.25) is 9.36 Å². The zero-order chi connectivity index (χ0) is 17.9. The minimum atomic E-state index is -0.157. The van der Waals surface area contributed by atoms with Crippen LogP contribution in [0.1, 0.15) is 5.56 Å². The molecule has 0 aliphatic rings. The Bertz CT molecular complexity index is 1100. The third-order valence-corrected chi connectivity index (χ3v) is 4.12. The van der Waals surface area contributed by atoms with Gasteiger partial charge in [0.05, 0.1) is 17.4 Å². The van der Waals surface area contributed by atoms with Gasteiger partial charge in [-0.25, -0.2) is 4.98 Å². The zero-order valence-electron chi connectivity index (χ0n) is 14.0. The van der Waals surface area contributed by atoms with Crippen LogP contribution in [0.5, 0.6) is 5.75 Å². The van der Waals surface area contributed by atoms with Gasteiger partial charge in [-0.1, -0.05) is 30.3 Å². The van der Waals surface area contributed by atoms with E-state index in [0.717, 1.165) is 16.5 Å². The Morgan fingerprint density at radius 3 is 2.54 bits per heavy atom. The highest BCUT2D eigenvalue weighted by Crippen LogP contribution is 2.22. The lowest BCUT2D eigenvalue weighted by atomic mass is 10.2. The van der Waals surface area contributed by atoms with Gasteiger partial charge in [0.2, 0.25) is 0 Å². The maximum absolute atomic E-state index is 12.5. The van der Waals surface area contributed by atoms with Crippen LogP contribution in [0.3, 0.4) is 0 Å². The Kier molecular flexibility index (Phi) is 4.11. The predicted molar refractivity (Wildman–Crippen MR) is 103 cm³/mol. The van der Waals surface area contributed by atoms with E-state index in [4.69, 9.17) is 10.5 Å². The summed E-state index contributed by atoms with van der Waals surface area (Å²) in [6.45, 7) is 0.462. The van der Waals surface area contributed by atoms with Crippen molar-refractivity contribution in [2.45, 2.75) is 6.61 Å². The van der Waals surface area contributed by atoms with Crippen molar-refractivity contribution in [2.75, 3.05) is 5.73 Å². The molecule has 0 fully saturated rings. The Balaban J connectivity index is 1.75. The number of fused-ring (bicyclic) bond motifs is 1. The van der Waals surface area contributed by atoms with Gasteiger partial charge in [-0.2, -0.15) is 0 Å². The standard InChI is InChI=1S/C21H17N3O2/c22-17-8-10-20(23-13-17)24-19-12-18(9-6-16(19)7-11-21(24)25)26-14-15-4-2-1-3-5-15/h1-13H,14,22H2. The second-order valence-electron chi connectivity index (χ2n) is 5.95. The maximum atomic E-state index is 12.5. The quantitative estimate of drug-likeness (QED) is 0.615. The van der Waals surface area contributed by atoms with Gasteiger partial charge in [0.1, 0.15) is 18.2 Å². The highest BCUT2D eigenvalue weighted by atomic mass is 16.5. The molecule has 2 aromatic heterocycles. The SMILES string of the molecule is Nc1ccc(-n2c(=O)ccc3ccc(OCc4ccccc4)cc32)nc1. The summed E-state index contributed by atoms with van der Waals surface area (Å²) in [5.74, 6) is 1.21. The van der Waals surface area contributed by atoms with E-state index in [2.05, 4.69) is 4.98 Å². The van der Waals surface area contributed by atoms with Crippen LogP contribution >= 0.6 is 0 Å². The Hall–Kier alpha value is -3.60. The molecular formula is C21H17N3O2. The molecule has 2 aromatic carbocycles. The third kappa shape index (κ3) is 3.15. The fraction of sp³-hybridized carbons (Fsp3) is 0.0476. The Morgan fingerprint density at radius 1 is 0.962 bits per heavy atom. The summed E-state index contributed by atoms with van der Waals surface area (Å²) in [5, 5.41) is 0.926. The van der Waals surface area contributed by atoms with E-state index in [1.807, 2.05) is 48.5 Å². The number of hydrogen-bond donors (Lipinski definition) is 1. The van der Waals surface area contributed by atoms with E-state index in [1.54, 1.807) is 22.8 Å². The summed E-state index contributed by atoms with van der Waals surface area (Å²) < 4.78 is 7.45. The number of aromatic nitrogens is 2. The highest BCUT2D eigenvalue weighted by Gasteiger charge is 2.08. The molecule has 0 amide bonds. The number of nitrogens with two attached hydrogens (primary N) is 1. The molecule has 128 valence electrons. The summed E-state index contributed by atoms with van der Waals surface area (Å²) in [6.07, 6.45) is 1.54. The number of hydrogen-bond acceptors (Lipinski definition) is 4. The average Bonchev–Trinajstić information content (AvgIpc) is 2.68. The number of rotatable bonds is 4. The summed E-state index contributed by atoms with van der Waals surface area (Å²) in [6, 6.07) is 22.4. The molecule has 0 unspecified atom stereocenters. The molecule has 5 heteroatoms. The van der Waals surface area contributed by atoms with Crippen LogP contribution in [-0.2, 0) is 6.61 Å². The predicted octanol–water partition coefficient (Wildman–Crippen LogP) is 3.55. The van der Waals surface area contributed by atoms with E-state index in [-0.39, 0.29) is 5.56 Å². The minimum Gasteiger partial charge on any atom is -0.489 e. The second-order valence-corrected chi connectivity index (χ2v) is 5.95. The van der Waals surface area contributed by atoms with Crippen LogP contribution in [0.2, 0.25) is 0 Å². The lowest BCUT2D eigenvalue weighted by Crippen LogP contribution is -2.18. The molecule has 2 heterocycles. The van der Waals surface area contributed by atoms with E-state index in [0.29, 0.717) is 23.9 Å². The lowest BCUT2D eigenvalue weighted by molar-refractivity contribution is 0.306. The van der Waals surface area contributed by atoms with E-state index < -0.39 is 0 Å². The van der Waals surface area contributed by atoms with Crippen molar-refractivity contribution in [3.63, 3.8) is 0 Å². The number of benzene rings is 2. The van der Waals surface area contributed by atoms with Crippen molar-refractivity contribution in [1.29, 1.82) is 0 Å². The van der Waals surface area contributed by atoms with Crippen molar-refractivity contribution < 1.29 is 4.74 Å². The highest BCUT2D eigenvalue weighted by molar-refractivity contribution is 5.81. The van der Waals surface area contributed by atoms with Crippen LogP contribution < -0.4 is 16.0 Å². The van der Waals surface area contributed by atoms with Crippen LogP contribution in [0, 0.1) is 0 Å². The summed E-state index contributed by atoms with van der Waals surface area (Å²) in [5.41, 5.74) is 7.92. The molecule has 4 aromatic rings. The second kappa shape index (κ2) is 6.72. The molecule has 0 aliphatic carbocycles. The first-order valence-electron chi connectivity index (χ1n) is 8.25. The van der Waals surface area contributed by atoms with Gasteiger partial charge in [0, 0.05) is 12.1 Å². The largest absolute Gasteiger partial charge is 0.489 e. The Morgan fingerprint density at radius 2 is 1.77 bits per heavy atom. The number of pyridine rings is 2. The van der Waals surface area contributed by atoms with E-state index in [1.165, 1.54) is 12.3 Å². The van der Waals surface area contributed by atoms with Crippen LogP contribution in [0.15, 0.2) is 83.8 Å². The topological polar surface area (TPSA) is 70.1 Å². The van der Waals surface area contributed by atoms with Gasteiger partial charge in [0.15, 0.2) is 0 Å². The smallest absolute Gasteiger partial charge is 0.256 e. The average molecular weight is 343 g/mol. The molecule has 0 atom stereocenters. The molecule has 5 nitrogen and oxygen atoms in total. The van der Waals surface area contributed by atoms with E-state index in [9.17, 15) is 4.79 Å². The molecule has 0 spiro atoms. The fourth-order valence-corrected chi connectivity index (χ4v) is 2.81. The molecule has 0 aliphatic heterocycles. The van der Waals surface area contributed by atoms with Crippen LogP contribution in [0.25, 0.3) is 16.7 Å². The molecular weight excluding hydrogens is 326 g/mol. The molecule has 26 heavy (non-hydrogen) atoms. The third-order valence-electron chi connectivity index (χ3n) is 4.12. The summed E-state index contributed by atoms with van der Waals surface area (Å²) >= 11 is 0. The summed E-state index contributed by atoms with van der Waals surface area (Å²) in [7, 11) is 0. The number of nitrogens with zero attached hydrogens (tertiary/aromatic N) is 2. The van der Waals surface area contributed by atoms with Crippen molar-refractivity contribution in [2.24, 2.45) is 0 Å². The van der Waals surface area contributed by atoms with Crippen LogP contribution in [0.4, 0.5) is 5.69 Å². The van der Waals surface area contributed by atoms with E-state index >= 15 is 0 Å². The zero-order valence-corrected chi connectivity index (χ0v) is 14.0. The molecule has 0 saturated carbocycles. The molecule has 4 rings (SSSR count). The normalized spacial score (nSPS) is 10.8. The fourth-order valence-electron chi connectivity index (χ4n) is 2.81. The van der Waals surface area contributed by atoms with Crippen LogP contribution in [-0.4, -0.2) is 9.55 Å². The lowest BCUT2D eigenvalue weighted by Gasteiger charge is -2.12. The van der Waals surface area contributed by atoms with Crippen molar-refractivity contribution in [3.8, 4) is 11.6 Å². The molecule has 2 N–H and O–H groups in total. The number of ether oxygens (including phenoxy) is 1. The Labute approximate surface area is 150 Å². The first-order valence-corrected chi connectivity index (χ1v) is 8.25. The van der Waals surface area contributed by atoms with Gasteiger partial charge in [-0.05, 0) is 41.3 Å². The molecule has 0 radical (unpaired) electrons. The van der Waals surface area contributed by atoms with Crippen molar-refractivity contribution in [1.82, 2.24) is 9.55 Å².